The molecule has 0 aromatic rings. The molecule has 2 N–H and O–H groups in total. The predicted octanol–water partition coefficient (Wildman–Crippen LogP) is -0.330. The van der Waals surface area contributed by atoms with Gasteiger partial charge in [-0.1, -0.05) is 0 Å². The molecule has 0 spiro atoms. The minimum absolute atomic E-state index is 0.484. The van der Waals surface area contributed by atoms with Gasteiger partial charge in [-0.3, -0.25) is 5.32 Å². The molecule has 5 heteroatoms. The largest absolute Gasteiger partial charge is 0.342 e. The number of nitrogens with zero attached hydrogens (tertiary/aromatic N) is 1. The van der Waals surface area contributed by atoms with Gasteiger partial charge in [0.2, 0.25) is 0 Å². The molecule has 1 aliphatic heterocycles. The summed E-state index contributed by atoms with van der Waals surface area (Å²) in [5.41, 5.74) is 0. The highest BCUT2D eigenvalue weighted by atomic mass is 19.1. The normalized spacial score (nSPS) is 24.8. The van der Waals surface area contributed by atoms with Gasteiger partial charge in [-0.2, -0.15) is 5.32 Å². The Kier molecular flexibility index (Phi) is 1.86. The zero-order valence-corrected chi connectivity index (χ0v) is 5.39. The maximum Gasteiger partial charge on any atom is 0.342 e. The first-order valence-electron chi connectivity index (χ1n) is 2.78. The van der Waals surface area contributed by atoms with Crippen molar-refractivity contribution in [2.75, 3.05) is 7.05 Å². The molecule has 0 aromatic heterocycles. The van der Waals surface area contributed by atoms with E-state index in [2.05, 4.69) is 16.0 Å². The van der Waals surface area contributed by atoms with E-state index in [1.807, 2.05) is 0 Å². The molecule has 0 saturated heterocycles. The van der Waals surface area contributed by atoms with Crippen LogP contribution in [-0.2, 0) is 0 Å². The van der Waals surface area contributed by atoms with E-state index < -0.39 is 18.0 Å². The molecule has 55 valence electrons. The second kappa shape index (κ2) is 2.66. The Bertz CT molecular complexity index is 180. The fourth-order valence-electron chi connectivity index (χ4n) is 0.635. The highest BCUT2D eigenvalue weighted by Crippen LogP contribution is 2.03. The van der Waals surface area contributed by atoms with Crippen molar-refractivity contribution < 1.29 is 9.18 Å². The molecule has 10 heavy (non-hydrogen) atoms. The van der Waals surface area contributed by atoms with Crippen LogP contribution in [0.2, 0.25) is 0 Å². The molecule has 0 saturated carbocycles. The van der Waals surface area contributed by atoms with Crippen LogP contribution in [0.5, 0.6) is 0 Å². The number of carbonyl (C=O) groups excluding carboxylic acids is 1. The van der Waals surface area contributed by atoms with Crippen molar-refractivity contribution in [1.82, 2.24) is 16.0 Å². The summed E-state index contributed by atoms with van der Waals surface area (Å²) >= 11 is 0. The van der Waals surface area contributed by atoms with E-state index in [1.165, 1.54) is 0 Å². The Hall–Kier alpha value is -1.10. The van der Waals surface area contributed by atoms with Gasteiger partial charge < -0.3 is 5.32 Å². The smallest absolute Gasteiger partial charge is 0.314 e. The average molecular weight is 144 g/mol. The Morgan fingerprint density at radius 1 is 1.90 bits per heavy atom. The molecule has 0 aliphatic carbocycles. The number of rotatable bonds is 1. The third-order valence-electron chi connectivity index (χ3n) is 1.14. The lowest BCUT2D eigenvalue weighted by Crippen LogP contribution is -2.48. The van der Waals surface area contributed by atoms with Crippen LogP contribution in [0.1, 0.15) is 0 Å². The lowest BCUT2D eigenvalue weighted by atomic mass is 10.4. The summed E-state index contributed by atoms with van der Waals surface area (Å²) < 4.78 is 12.5. The van der Waals surface area contributed by atoms with E-state index in [0.717, 1.165) is 6.20 Å². The van der Waals surface area contributed by atoms with Crippen molar-refractivity contribution >= 4 is 6.03 Å². The van der Waals surface area contributed by atoms with Crippen LogP contribution in [0, 0.1) is 0 Å². The van der Waals surface area contributed by atoms with Crippen LogP contribution in [0.3, 0.4) is 0 Å². The summed E-state index contributed by atoms with van der Waals surface area (Å²) in [6, 6.07) is -0.527. The Morgan fingerprint density at radius 3 is 3.10 bits per heavy atom. The molecule has 1 aliphatic rings. The SMILES string of the molecule is CNC1NC(=O)[N]C=C1F. The standard InChI is InChI=1S/C5H7FN3O/c1-7-4-3(6)2-8-5(10)9-4/h2,4,7H,1H3,(H,9,10). The fourth-order valence-corrected chi connectivity index (χ4v) is 0.635. The maximum atomic E-state index is 12.5. The molecule has 1 heterocycles. The first-order chi connectivity index (χ1) is 4.74. The summed E-state index contributed by atoms with van der Waals surface area (Å²) in [4.78, 5) is 10.4. The number of carbonyl (C=O) groups is 1. The number of halogens is 1. The zero-order chi connectivity index (χ0) is 7.56. The number of amides is 2. The van der Waals surface area contributed by atoms with Gasteiger partial charge in [-0.25, -0.2) is 9.18 Å². The number of nitrogens with one attached hydrogen (secondary N) is 2. The molecular weight excluding hydrogens is 137 g/mol. The molecule has 0 bridgehead atoms. The van der Waals surface area contributed by atoms with Crippen LogP contribution in [0.4, 0.5) is 9.18 Å². The van der Waals surface area contributed by atoms with Crippen LogP contribution >= 0.6 is 0 Å². The van der Waals surface area contributed by atoms with E-state index in [-0.39, 0.29) is 0 Å². The molecule has 1 atom stereocenters. The van der Waals surface area contributed by atoms with Crippen molar-refractivity contribution in [2.45, 2.75) is 6.17 Å². The Morgan fingerprint density at radius 2 is 2.60 bits per heavy atom. The highest BCUT2D eigenvalue weighted by molar-refractivity contribution is 5.76. The van der Waals surface area contributed by atoms with Gasteiger partial charge in [-0.15, -0.1) is 0 Å². The fraction of sp³-hybridized carbons (Fsp3) is 0.400. The topological polar surface area (TPSA) is 55.2 Å². The van der Waals surface area contributed by atoms with Crippen molar-refractivity contribution in [2.24, 2.45) is 0 Å². The molecule has 4 nitrogen and oxygen atoms in total. The number of likely N-dealkylation sites (N-methyl/N-ethyl adjacent to an activating group) is 1. The second-order valence-electron chi connectivity index (χ2n) is 1.81. The number of hydrogen-bond acceptors (Lipinski definition) is 2. The van der Waals surface area contributed by atoms with Gasteiger partial charge in [0.15, 0.2) is 5.83 Å². The van der Waals surface area contributed by atoms with E-state index in [1.54, 1.807) is 7.05 Å². The average Bonchev–Trinajstić information content (AvgIpc) is 1.94. The van der Waals surface area contributed by atoms with Gasteiger partial charge >= 0.3 is 6.03 Å². The van der Waals surface area contributed by atoms with Gasteiger partial charge in [0.1, 0.15) is 6.17 Å². The first kappa shape index (κ1) is 7.01. The Balaban J connectivity index is 2.65. The number of hydrogen-bond donors (Lipinski definition) is 2. The van der Waals surface area contributed by atoms with Crippen LogP contribution < -0.4 is 16.0 Å². The summed E-state index contributed by atoms with van der Waals surface area (Å²) in [6.07, 6.45) is 0.185. The third-order valence-corrected chi connectivity index (χ3v) is 1.14. The van der Waals surface area contributed by atoms with E-state index >= 15 is 0 Å². The van der Waals surface area contributed by atoms with Crippen molar-refractivity contribution in [3.8, 4) is 0 Å². The first-order valence-corrected chi connectivity index (χ1v) is 2.78. The summed E-state index contributed by atoms with van der Waals surface area (Å²) in [7, 11) is 1.55. The van der Waals surface area contributed by atoms with Gasteiger partial charge in [0.05, 0.1) is 6.20 Å². The molecular formula is C5H7FN3O. The summed E-state index contributed by atoms with van der Waals surface area (Å²) in [6.45, 7) is 0. The molecule has 1 radical (unpaired) electrons. The van der Waals surface area contributed by atoms with Crippen LogP contribution in [0.25, 0.3) is 0 Å². The Labute approximate surface area is 57.5 Å². The van der Waals surface area contributed by atoms with Crippen LogP contribution in [0.15, 0.2) is 12.0 Å². The zero-order valence-electron chi connectivity index (χ0n) is 5.39. The van der Waals surface area contributed by atoms with Crippen molar-refractivity contribution in [3.05, 3.63) is 12.0 Å². The van der Waals surface area contributed by atoms with Gasteiger partial charge in [0, 0.05) is 0 Å². The van der Waals surface area contributed by atoms with Crippen LogP contribution in [-0.4, -0.2) is 19.2 Å². The highest BCUT2D eigenvalue weighted by Gasteiger charge is 2.19. The summed E-state index contributed by atoms with van der Waals surface area (Å²) in [5, 5.41) is 7.99. The van der Waals surface area contributed by atoms with E-state index in [4.69, 9.17) is 0 Å². The monoisotopic (exact) mass is 144 g/mol. The minimum atomic E-state index is -0.718. The second-order valence-corrected chi connectivity index (χ2v) is 1.81. The maximum absolute atomic E-state index is 12.5. The van der Waals surface area contributed by atoms with Crippen molar-refractivity contribution in [1.29, 1.82) is 0 Å². The molecule has 0 fully saturated rings. The lowest BCUT2D eigenvalue weighted by molar-refractivity contribution is 0.234. The van der Waals surface area contributed by atoms with Crippen molar-refractivity contribution in [3.63, 3.8) is 0 Å². The van der Waals surface area contributed by atoms with Gasteiger partial charge in [0.25, 0.3) is 0 Å². The third kappa shape index (κ3) is 1.24. The number of urea groups is 1. The van der Waals surface area contributed by atoms with E-state index in [0.29, 0.717) is 0 Å². The molecule has 1 unspecified atom stereocenters. The summed E-state index contributed by atoms with van der Waals surface area (Å²) in [5.74, 6) is -0.484. The lowest BCUT2D eigenvalue weighted by Gasteiger charge is -2.18. The van der Waals surface area contributed by atoms with E-state index in [9.17, 15) is 9.18 Å². The quantitative estimate of drug-likeness (QED) is 0.529. The predicted molar refractivity (Wildman–Crippen MR) is 32.7 cm³/mol. The molecule has 0 aromatic carbocycles. The molecule has 1 rings (SSSR count). The molecule has 2 amide bonds. The minimum Gasteiger partial charge on any atom is -0.314 e. The van der Waals surface area contributed by atoms with Gasteiger partial charge in [-0.05, 0) is 7.05 Å².